The Labute approximate surface area is 125 Å². The van der Waals surface area contributed by atoms with Crippen molar-refractivity contribution in [3.05, 3.63) is 16.8 Å². The van der Waals surface area contributed by atoms with E-state index in [2.05, 4.69) is 9.97 Å². The first kappa shape index (κ1) is 14.4. The first-order valence-electron chi connectivity index (χ1n) is 6.31. The molecule has 0 bridgehead atoms. The highest BCUT2D eigenvalue weighted by molar-refractivity contribution is 7.89. The van der Waals surface area contributed by atoms with Gasteiger partial charge in [-0.25, -0.2) is 23.5 Å². The molecule has 7 nitrogen and oxygen atoms in total. The van der Waals surface area contributed by atoms with E-state index in [9.17, 15) is 13.2 Å². The molecule has 1 unspecified atom stereocenters. The Morgan fingerprint density at radius 3 is 2.71 bits per heavy atom. The quantitative estimate of drug-likeness (QED) is 0.874. The van der Waals surface area contributed by atoms with Crippen LogP contribution in [0.25, 0.3) is 10.2 Å². The van der Waals surface area contributed by atoms with Gasteiger partial charge < -0.3 is 0 Å². The zero-order valence-electron chi connectivity index (χ0n) is 11.5. The summed E-state index contributed by atoms with van der Waals surface area (Å²) >= 11 is 1.53. The summed E-state index contributed by atoms with van der Waals surface area (Å²) < 4.78 is 22.9. The average Bonchev–Trinajstić information content (AvgIpc) is 2.91. The van der Waals surface area contributed by atoms with Crippen molar-refractivity contribution in [2.45, 2.75) is 25.5 Å². The molecule has 2 aromatic heterocycles. The molecule has 3 rings (SSSR count). The topological polar surface area (TPSA) is 106 Å². The summed E-state index contributed by atoms with van der Waals surface area (Å²) in [4.78, 5) is 23.8. The van der Waals surface area contributed by atoms with Crippen molar-refractivity contribution in [1.29, 1.82) is 0 Å². The van der Waals surface area contributed by atoms with Gasteiger partial charge in [-0.15, -0.1) is 11.3 Å². The largest absolute Gasteiger partial charge is 0.295 e. The number of amides is 1. The van der Waals surface area contributed by atoms with Crippen LogP contribution in [0.1, 0.15) is 16.9 Å². The Bertz CT molecular complexity index is 844. The molecule has 1 saturated heterocycles. The number of hydrogen-bond donors (Lipinski definition) is 1. The Hall–Kier alpha value is -1.58. The Morgan fingerprint density at radius 1 is 1.38 bits per heavy atom. The van der Waals surface area contributed by atoms with E-state index >= 15 is 0 Å². The maximum absolute atomic E-state index is 12.1. The molecule has 0 radical (unpaired) electrons. The van der Waals surface area contributed by atoms with Gasteiger partial charge in [0.2, 0.25) is 15.9 Å². The molecule has 0 saturated carbocycles. The van der Waals surface area contributed by atoms with Crippen molar-refractivity contribution in [2.24, 2.45) is 5.14 Å². The van der Waals surface area contributed by atoms with E-state index in [1.807, 2.05) is 13.8 Å². The minimum absolute atomic E-state index is 0.0398. The lowest BCUT2D eigenvalue weighted by molar-refractivity contribution is -0.117. The number of thiophene rings is 1. The van der Waals surface area contributed by atoms with Crippen molar-refractivity contribution >= 4 is 43.3 Å². The van der Waals surface area contributed by atoms with Crippen molar-refractivity contribution in [3.8, 4) is 0 Å². The number of fused-ring (bicyclic) bond motifs is 1. The zero-order chi connectivity index (χ0) is 15.4. The number of carbonyl (C=O) groups excluding carboxylic acids is 1. The molecule has 1 aliphatic rings. The number of hydrogen-bond acceptors (Lipinski definition) is 6. The number of aryl methyl sites for hydroxylation is 2. The van der Waals surface area contributed by atoms with Gasteiger partial charge >= 0.3 is 0 Å². The second kappa shape index (κ2) is 4.72. The second-order valence-electron chi connectivity index (χ2n) is 5.08. The SMILES string of the molecule is Cc1sc2ncnc(N3CC(S(N)(=O)=O)CC3=O)c2c1C. The molecule has 1 atom stereocenters. The number of nitrogens with zero attached hydrogens (tertiary/aromatic N) is 3. The van der Waals surface area contributed by atoms with Crippen LogP contribution < -0.4 is 10.0 Å². The molecule has 2 aromatic rings. The number of rotatable bonds is 2. The number of nitrogens with two attached hydrogens (primary N) is 1. The van der Waals surface area contributed by atoms with E-state index in [1.165, 1.54) is 22.6 Å². The monoisotopic (exact) mass is 326 g/mol. The third kappa shape index (κ3) is 2.30. The fourth-order valence-corrected chi connectivity index (χ4v) is 4.19. The molecule has 1 aliphatic heterocycles. The van der Waals surface area contributed by atoms with Gasteiger partial charge in [-0.2, -0.15) is 0 Å². The van der Waals surface area contributed by atoms with Gasteiger partial charge in [-0.1, -0.05) is 0 Å². The maximum atomic E-state index is 12.1. The van der Waals surface area contributed by atoms with Crippen LogP contribution in [0.5, 0.6) is 0 Å². The summed E-state index contributed by atoms with van der Waals surface area (Å²) in [5.74, 6) is 0.190. The van der Waals surface area contributed by atoms with Gasteiger partial charge in [0.15, 0.2) is 0 Å². The highest BCUT2D eigenvalue weighted by Gasteiger charge is 2.38. The first-order chi connectivity index (χ1) is 9.79. The van der Waals surface area contributed by atoms with E-state index in [-0.39, 0.29) is 18.9 Å². The fourth-order valence-electron chi connectivity index (χ4n) is 2.47. The lowest BCUT2D eigenvalue weighted by Crippen LogP contribution is -2.32. The molecular formula is C12H14N4O3S2. The molecule has 3 heterocycles. The number of sulfonamides is 1. The summed E-state index contributed by atoms with van der Waals surface area (Å²) in [6, 6.07) is 0. The number of aromatic nitrogens is 2. The average molecular weight is 326 g/mol. The van der Waals surface area contributed by atoms with Gasteiger partial charge in [0.1, 0.15) is 22.2 Å². The molecule has 2 N–H and O–H groups in total. The highest BCUT2D eigenvalue weighted by Crippen LogP contribution is 2.36. The van der Waals surface area contributed by atoms with Crippen LogP contribution in [0.3, 0.4) is 0 Å². The third-order valence-corrected chi connectivity index (χ3v) is 6.12. The minimum Gasteiger partial charge on any atom is -0.295 e. The van der Waals surface area contributed by atoms with Crippen LogP contribution in [0, 0.1) is 13.8 Å². The van der Waals surface area contributed by atoms with Crippen molar-refractivity contribution < 1.29 is 13.2 Å². The summed E-state index contributed by atoms with van der Waals surface area (Å²) in [5.41, 5.74) is 1.01. The Kier molecular flexibility index (Phi) is 3.23. The van der Waals surface area contributed by atoms with Crippen LogP contribution in [0.4, 0.5) is 5.82 Å². The lowest BCUT2D eigenvalue weighted by Gasteiger charge is -2.16. The van der Waals surface area contributed by atoms with Gasteiger partial charge in [-0.05, 0) is 19.4 Å². The van der Waals surface area contributed by atoms with Gasteiger partial charge in [0.25, 0.3) is 0 Å². The van der Waals surface area contributed by atoms with Crippen LogP contribution in [-0.2, 0) is 14.8 Å². The van der Waals surface area contributed by atoms with E-state index in [1.54, 1.807) is 0 Å². The van der Waals surface area contributed by atoms with Crippen LogP contribution in [-0.4, -0.2) is 36.1 Å². The molecule has 112 valence electrons. The second-order valence-corrected chi connectivity index (χ2v) is 8.13. The van der Waals surface area contributed by atoms with Crippen molar-refractivity contribution in [2.75, 3.05) is 11.4 Å². The predicted octanol–water partition coefficient (Wildman–Crippen LogP) is 0.702. The van der Waals surface area contributed by atoms with Crippen LogP contribution >= 0.6 is 11.3 Å². The lowest BCUT2D eigenvalue weighted by atomic mass is 10.2. The molecule has 1 amide bonds. The molecule has 1 fully saturated rings. The zero-order valence-corrected chi connectivity index (χ0v) is 13.2. The van der Waals surface area contributed by atoms with E-state index in [4.69, 9.17) is 5.14 Å². The maximum Gasteiger partial charge on any atom is 0.229 e. The number of anilines is 1. The third-order valence-electron chi connectivity index (χ3n) is 3.76. The van der Waals surface area contributed by atoms with Crippen LogP contribution in [0.15, 0.2) is 6.33 Å². The molecular weight excluding hydrogens is 312 g/mol. The molecule has 0 aromatic carbocycles. The van der Waals surface area contributed by atoms with Crippen LogP contribution in [0.2, 0.25) is 0 Å². The Morgan fingerprint density at radius 2 is 2.10 bits per heavy atom. The first-order valence-corrected chi connectivity index (χ1v) is 8.74. The highest BCUT2D eigenvalue weighted by atomic mass is 32.2. The minimum atomic E-state index is -3.74. The summed E-state index contributed by atoms with van der Waals surface area (Å²) in [6.07, 6.45) is 1.29. The fraction of sp³-hybridized carbons (Fsp3) is 0.417. The van der Waals surface area contributed by atoms with Gasteiger partial charge in [0, 0.05) is 17.8 Å². The Balaban J connectivity index is 2.11. The van der Waals surface area contributed by atoms with Gasteiger partial charge in [-0.3, -0.25) is 9.69 Å². The number of primary sulfonamides is 1. The molecule has 0 spiro atoms. The molecule has 0 aliphatic carbocycles. The predicted molar refractivity (Wildman–Crippen MR) is 80.8 cm³/mol. The normalized spacial score (nSPS) is 19.7. The smallest absolute Gasteiger partial charge is 0.229 e. The summed E-state index contributed by atoms with van der Waals surface area (Å²) in [7, 11) is -3.74. The van der Waals surface area contributed by atoms with E-state index < -0.39 is 15.3 Å². The standard InChI is InChI=1S/C12H14N4O3S2/c1-6-7(2)20-12-10(6)11(14-5-15-12)16-4-8(3-9(16)17)21(13,18)19/h5,8H,3-4H2,1-2H3,(H2,13,18,19). The van der Waals surface area contributed by atoms with E-state index in [0.717, 1.165) is 20.7 Å². The van der Waals surface area contributed by atoms with E-state index in [0.29, 0.717) is 5.82 Å². The molecule has 9 heteroatoms. The van der Waals surface area contributed by atoms with Gasteiger partial charge in [0.05, 0.1) is 5.39 Å². The summed E-state index contributed by atoms with van der Waals surface area (Å²) in [5, 5.41) is 5.08. The van der Waals surface area contributed by atoms with Crippen molar-refractivity contribution in [3.63, 3.8) is 0 Å². The van der Waals surface area contributed by atoms with Crippen molar-refractivity contribution in [1.82, 2.24) is 9.97 Å². The number of carbonyl (C=O) groups is 1. The molecule has 21 heavy (non-hydrogen) atoms. The summed E-state index contributed by atoms with van der Waals surface area (Å²) in [6.45, 7) is 3.96.